The van der Waals surface area contributed by atoms with Crippen molar-refractivity contribution in [1.29, 1.82) is 0 Å². The zero-order chi connectivity index (χ0) is 16.2. The molecule has 4 aliphatic rings. The molecule has 0 aromatic carbocycles. The Morgan fingerprint density at radius 1 is 1.13 bits per heavy atom. The summed E-state index contributed by atoms with van der Waals surface area (Å²) in [6.45, 7) is 0. The predicted octanol–water partition coefficient (Wildman–Crippen LogP) is 2.42. The lowest BCUT2D eigenvalue weighted by atomic mass is 9.72. The third-order valence-electron chi connectivity index (χ3n) is 5.04. The molecule has 120 valence electrons. The summed E-state index contributed by atoms with van der Waals surface area (Å²) in [7, 11) is 0. The number of aliphatic carboxylic acids is 2. The van der Waals surface area contributed by atoms with Crippen LogP contribution in [0.1, 0.15) is 38.5 Å². The molecule has 0 bridgehead atoms. The standard InChI is InChI=1S/C17H18N2O4/c20-15(21)14-18-12-11(7-9-1-2-9)5-6-17(16(22)23,13(12)19-14)8-10-3-4-10/h5-6,9-10H,1-4,7-8H2,(H,20,21)(H,22,23). The van der Waals surface area contributed by atoms with E-state index in [9.17, 15) is 19.8 Å². The van der Waals surface area contributed by atoms with Crippen molar-refractivity contribution in [1.82, 2.24) is 0 Å². The largest absolute Gasteiger partial charge is 0.480 e. The van der Waals surface area contributed by atoms with Crippen molar-refractivity contribution in [3.63, 3.8) is 0 Å². The van der Waals surface area contributed by atoms with E-state index in [1.807, 2.05) is 6.08 Å². The van der Waals surface area contributed by atoms with Gasteiger partial charge in [0.15, 0.2) is 0 Å². The summed E-state index contributed by atoms with van der Waals surface area (Å²) in [5.74, 6) is -1.50. The van der Waals surface area contributed by atoms with E-state index in [0.29, 0.717) is 29.7 Å². The highest BCUT2D eigenvalue weighted by molar-refractivity contribution is 6.42. The van der Waals surface area contributed by atoms with E-state index in [2.05, 4.69) is 9.98 Å². The molecule has 0 aromatic heterocycles. The van der Waals surface area contributed by atoms with E-state index in [0.717, 1.165) is 24.8 Å². The Labute approximate surface area is 133 Å². The molecule has 2 fully saturated rings. The number of carbonyl (C=O) groups is 2. The van der Waals surface area contributed by atoms with Gasteiger partial charge in [-0.05, 0) is 43.1 Å². The molecule has 23 heavy (non-hydrogen) atoms. The fourth-order valence-electron chi connectivity index (χ4n) is 3.37. The average Bonchev–Trinajstić information content (AvgIpc) is 3.42. The second-order valence-electron chi connectivity index (χ2n) is 6.98. The lowest BCUT2D eigenvalue weighted by Gasteiger charge is -2.30. The topological polar surface area (TPSA) is 99.3 Å². The lowest BCUT2D eigenvalue weighted by molar-refractivity contribution is -0.143. The van der Waals surface area contributed by atoms with E-state index < -0.39 is 17.4 Å². The summed E-state index contributed by atoms with van der Waals surface area (Å²) in [6.07, 6.45) is 9.23. The number of rotatable bonds is 6. The molecule has 3 aliphatic carbocycles. The molecule has 0 amide bonds. The van der Waals surface area contributed by atoms with Gasteiger partial charge in [0.05, 0.1) is 11.4 Å². The predicted molar refractivity (Wildman–Crippen MR) is 83.4 cm³/mol. The van der Waals surface area contributed by atoms with Crippen LogP contribution in [0.2, 0.25) is 0 Å². The highest BCUT2D eigenvalue weighted by Crippen LogP contribution is 2.48. The van der Waals surface area contributed by atoms with Gasteiger partial charge in [-0.3, -0.25) is 4.79 Å². The number of carboxylic acid groups (broad SMARTS) is 2. The second kappa shape index (κ2) is 4.88. The first-order valence-corrected chi connectivity index (χ1v) is 8.07. The maximum absolute atomic E-state index is 12.0. The van der Waals surface area contributed by atoms with Crippen LogP contribution in [0, 0.1) is 17.3 Å². The van der Waals surface area contributed by atoms with Gasteiger partial charge in [-0.2, -0.15) is 0 Å². The number of hydrogen-bond donors (Lipinski definition) is 2. The van der Waals surface area contributed by atoms with Gasteiger partial charge >= 0.3 is 11.9 Å². The molecule has 6 heteroatoms. The third kappa shape index (κ3) is 2.42. The van der Waals surface area contributed by atoms with Crippen molar-refractivity contribution < 1.29 is 19.8 Å². The monoisotopic (exact) mass is 314 g/mol. The molecule has 1 heterocycles. The number of amidine groups is 1. The fourth-order valence-corrected chi connectivity index (χ4v) is 3.37. The molecule has 0 saturated heterocycles. The van der Waals surface area contributed by atoms with Crippen molar-refractivity contribution in [2.75, 3.05) is 0 Å². The summed E-state index contributed by atoms with van der Waals surface area (Å²) in [5, 5.41) is 19.1. The van der Waals surface area contributed by atoms with Crippen LogP contribution in [-0.4, -0.2) is 33.7 Å². The molecule has 0 aromatic rings. The summed E-state index contributed by atoms with van der Waals surface area (Å²) >= 11 is 0. The van der Waals surface area contributed by atoms with E-state index in [4.69, 9.17) is 0 Å². The highest BCUT2D eigenvalue weighted by Gasteiger charge is 2.50. The van der Waals surface area contributed by atoms with Crippen molar-refractivity contribution in [2.45, 2.75) is 38.5 Å². The zero-order valence-electron chi connectivity index (χ0n) is 12.7. The van der Waals surface area contributed by atoms with Crippen LogP contribution in [0.15, 0.2) is 33.4 Å². The van der Waals surface area contributed by atoms with Crippen molar-refractivity contribution in [3.8, 4) is 0 Å². The minimum Gasteiger partial charge on any atom is -0.480 e. The third-order valence-corrected chi connectivity index (χ3v) is 5.04. The van der Waals surface area contributed by atoms with Crippen molar-refractivity contribution in [3.05, 3.63) is 23.4 Å². The van der Waals surface area contributed by atoms with Gasteiger partial charge in [0.25, 0.3) is 0 Å². The van der Waals surface area contributed by atoms with Gasteiger partial charge in [-0.25, -0.2) is 14.8 Å². The Bertz CT molecular complexity index is 723. The minimum absolute atomic E-state index is 0.298. The number of carboxylic acids is 2. The maximum Gasteiger partial charge on any atom is 0.373 e. The first kappa shape index (κ1) is 14.4. The molecule has 0 radical (unpaired) electrons. The quantitative estimate of drug-likeness (QED) is 0.786. The number of allylic oxidation sites excluding steroid dienone is 3. The van der Waals surface area contributed by atoms with Crippen LogP contribution < -0.4 is 0 Å². The number of nitrogens with zero attached hydrogens (tertiary/aromatic N) is 2. The Kier molecular flexibility index (Phi) is 3.04. The number of hydrogen-bond acceptors (Lipinski definition) is 4. The lowest BCUT2D eigenvalue weighted by Crippen LogP contribution is -2.40. The van der Waals surface area contributed by atoms with Gasteiger partial charge < -0.3 is 10.2 Å². The van der Waals surface area contributed by atoms with Crippen LogP contribution in [0.4, 0.5) is 0 Å². The second-order valence-corrected chi connectivity index (χ2v) is 6.98. The minimum atomic E-state index is -1.23. The molecule has 1 atom stereocenters. The van der Waals surface area contributed by atoms with Gasteiger partial charge in [0, 0.05) is 0 Å². The van der Waals surface area contributed by atoms with E-state index in [-0.39, 0.29) is 5.84 Å². The normalized spacial score (nSPS) is 29.2. The van der Waals surface area contributed by atoms with E-state index >= 15 is 0 Å². The molecule has 1 aliphatic heterocycles. The fraction of sp³-hybridized carbons (Fsp3) is 0.529. The Morgan fingerprint density at radius 3 is 2.39 bits per heavy atom. The molecule has 0 spiro atoms. The summed E-state index contributed by atoms with van der Waals surface area (Å²) in [5.41, 5.74) is 0.507. The summed E-state index contributed by atoms with van der Waals surface area (Å²) in [6, 6.07) is 0. The van der Waals surface area contributed by atoms with Crippen LogP contribution >= 0.6 is 0 Å². The van der Waals surface area contributed by atoms with Crippen LogP contribution in [0.5, 0.6) is 0 Å². The van der Waals surface area contributed by atoms with Gasteiger partial charge in [-0.15, -0.1) is 0 Å². The molecule has 2 saturated carbocycles. The zero-order valence-corrected chi connectivity index (χ0v) is 12.7. The first-order chi connectivity index (χ1) is 11.0. The first-order valence-electron chi connectivity index (χ1n) is 8.07. The molecule has 6 nitrogen and oxygen atoms in total. The molecule has 4 rings (SSSR count). The summed E-state index contributed by atoms with van der Waals surface area (Å²) < 4.78 is 0. The van der Waals surface area contributed by atoms with E-state index in [1.165, 1.54) is 12.8 Å². The van der Waals surface area contributed by atoms with Crippen LogP contribution in [0.25, 0.3) is 0 Å². The number of aliphatic imine (C=N–C) groups is 2. The summed E-state index contributed by atoms with van der Waals surface area (Å²) in [4.78, 5) is 31.6. The molecular formula is C17H18N2O4. The Balaban J connectivity index is 1.78. The number of fused-ring (bicyclic) bond motifs is 1. The Hall–Kier alpha value is -2.24. The molecular weight excluding hydrogens is 296 g/mol. The SMILES string of the molecule is O=C(O)C1=NC2=C(CC3CC3)C=CC(CC3CC3)(C(=O)O)C2=N1. The Morgan fingerprint density at radius 2 is 1.83 bits per heavy atom. The maximum atomic E-state index is 12.0. The molecule has 2 N–H and O–H groups in total. The van der Waals surface area contributed by atoms with Gasteiger partial charge in [-0.1, -0.05) is 25.0 Å². The van der Waals surface area contributed by atoms with Crippen LogP contribution in [-0.2, 0) is 9.59 Å². The van der Waals surface area contributed by atoms with Crippen LogP contribution in [0.3, 0.4) is 0 Å². The highest BCUT2D eigenvalue weighted by atomic mass is 16.4. The van der Waals surface area contributed by atoms with Gasteiger partial charge in [0.2, 0.25) is 5.84 Å². The average molecular weight is 314 g/mol. The molecule has 1 unspecified atom stereocenters. The van der Waals surface area contributed by atoms with Crippen molar-refractivity contribution in [2.24, 2.45) is 27.2 Å². The van der Waals surface area contributed by atoms with Crippen molar-refractivity contribution >= 4 is 23.5 Å². The smallest absolute Gasteiger partial charge is 0.373 e. The van der Waals surface area contributed by atoms with Gasteiger partial charge in [0.1, 0.15) is 5.41 Å². The van der Waals surface area contributed by atoms with E-state index in [1.54, 1.807) is 6.08 Å².